The van der Waals surface area contributed by atoms with Crippen molar-refractivity contribution >= 4 is 49.6 Å². The van der Waals surface area contributed by atoms with Gasteiger partial charge in [-0.3, -0.25) is 14.5 Å². The summed E-state index contributed by atoms with van der Waals surface area (Å²) in [5.74, 6) is 0.141. The van der Waals surface area contributed by atoms with E-state index in [0.29, 0.717) is 48.0 Å². The predicted molar refractivity (Wildman–Crippen MR) is 174 cm³/mol. The van der Waals surface area contributed by atoms with Crippen LogP contribution in [0.5, 0.6) is 5.75 Å². The number of thiol groups is 1. The van der Waals surface area contributed by atoms with Gasteiger partial charge in [0.15, 0.2) is 0 Å². The Kier molecular flexibility index (Phi) is 14.7. The van der Waals surface area contributed by atoms with E-state index in [1.165, 1.54) is 14.2 Å². The number of benzene rings is 2. The van der Waals surface area contributed by atoms with Gasteiger partial charge in [-0.15, -0.1) is 0 Å². The number of pyridine rings is 1. The van der Waals surface area contributed by atoms with E-state index in [4.69, 9.17) is 34.6 Å². The van der Waals surface area contributed by atoms with Crippen LogP contribution < -0.4 is 15.5 Å². The molecular formula is C30H41ClN3O7PS. The normalized spacial score (nSPS) is 16.0. The number of aromatic nitrogens is 1. The maximum atomic E-state index is 13.7. The fourth-order valence-electron chi connectivity index (χ4n) is 4.79. The van der Waals surface area contributed by atoms with E-state index in [9.17, 15) is 9.59 Å². The lowest BCUT2D eigenvalue weighted by molar-refractivity contribution is 0.0341. The summed E-state index contributed by atoms with van der Waals surface area (Å²) in [6, 6.07) is 11.0. The molecule has 0 radical (unpaired) electrons. The first-order chi connectivity index (χ1) is 20.9. The van der Waals surface area contributed by atoms with E-state index >= 15 is 0 Å². The second kappa shape index (κ2) is 17.9. The molecule has 0 bridgehead atoms. The smallest absolute Gasteiger partial charge is 0.332 e. The molecule has 2 aromatic carbocycles. The first kappa shape index (κ1) is 35.3. The van der Waals surface area contributed by atoms with Gasteiger partial charge in [0, 0.05) is 51.6 Å². The molecule has 1 amide bonds. The number of ether oxygens (including phenoxy) is 2. The van der Waals surface area contributed by atoms with Crippen LogP contribution in [-0.4, -0.2) is 74.9 Å². The Balaban J connectivity index is 0.00000121. The number of nitrogens with one attached hydrogen (secondary N) is 1. The maximum Gasteiger partial charge on any atom is 0.332 e. The highest BCUT2D eigenvalue weighted by Crippen LogP contribution is 2.38. The Labute approximate surface area is 264 Å². The summed E-state index contributed by atoms with van der Waals surface area (Å²) in [6.07, 6.45) is 2.93. The molecule has 0 aliphatic carbocycles. The number of carbonyl (C=O) groups excluding carboxylic acids is 1. The number of carbonyl (C=O) groups is 1. The number of hydrogen-bond donors (Lipinski definition) is 2. The van der Waals surface area contributed by atoms with Crippen LogP contribution in [0, 0.1) is 0 Å². The average Bonchev–Trinajstić information content (AvgIpc) is 3.05. The second-order valence-electron chi connectivity index (χ2n) is 9.34. The van der Waals surface area contributed by atoms with E-state index < -0.39 is 14.5 Å². The fraction of sp³-hybridized carbons (Fsp3) is 0.467. The van der Waals surface area contributed by atoms with Crippen molar-refractivity contribution in [2.24, 2.45) is 0 Å². The molecule has 1 atom stereocenters. The number of hydrogen-bond acceptors (Lipinski definition) is 9. The van der Waals surface area contributed by atoms with Gasteiger partial charge in [-0.2, -0.15) is 12.6 Å². The zero-order chi connectivity index (χ0) is 31.4. The maximum absolute atomic E-state index is 13.7. The van der Waals surface area contributed by atoms with E-state index in [-0.39, 0.29) is 30.2 Å². The molecule has 236 valence electrons. The van der Waals surface area contributed by atoms with Gasteiger partial charge in [0.2, 0.25) is 5.43 Å². The lowest BCUT2D eigenvalue weighted by Crippen LogP contribution is -2.36. The summed E-state index contributed by atoms with van der Waals surface area (Å²) in [4.78, 5) is 29.2. The molecule has 1 fully saturated rings. The number of amides is 1. The van der Waals surface area contributed by atoms with Crippen molar-refractivity contribution in [3.63, 3.8) is 0 Å². The van der Waals surface area contributed by atoms with Crippen LogP contribution in [0.25, 0.3) is 10.9 Å². The third-order valence-electron chi connectivity index (χ3n) is 6.67. The molecule has 1 saturated heterocycles. The highest BCUT2D eigenvalue weighted by molar-refractivity contribution is 7.79. The average molecular weight is 654 g/mol. The van der Waals surface area contributed by atoms with Crippen molar-refractivity contribution in [2.75, 3.05) is 53.4 Å². The zero-order valence-corrected chi connectivity index (χ0v) is 27.8. The minimum atomic E-state index is -1.49. The highest BCUT2D eigenvalue weighted by atomic mass is 35.5. The van der Waals surface area contributed by atoms with E-state index in [2.05, 4.69) is 22.8 Å². The summed E-state index contributed by atoms with van der Waals surface area (Å²) in [7, 11) is 1.54. The van der Waals surface area contributed by atoms with Gasteiger partial charge >= 0.3 is 8.60 Å². The minimum absolute atomic E-state index is 0.0727. The Morgan fingerprint density at radius 2 is 1.77 bits per heavy atom. The number of nitrogens with zero attached hydrogens (tertiary/aromatic N) is 2. The topological polar surface area (TPSA) is 100 Å². The van der Waals surface area contributed by atoms with Gasteiger partial charge < -0.3 is 32.9 Å². The monoisotopic (exact) mass is 653 g/mol. The van der Waals surface area contributed by atoms with Crippen molar-refractivity contribution in [3.8, 4) is 5.75 Å². The van der Waals surface area contributed by atoms with Crippen LogP contribution in [0.2, 0.25) is 5.02 Å². The third kappa shape index (κ3) is 9.39. The molecule has 3 heterocycles. The Morgan fingerprint density at radius 3 is 2.42 bits per heavy atom. The van der Waals surface area contributed by atoms with Gasteiger partial charge in [0.25, 0.3) is 5.91 Å². The lowest BCUT2D eigenvalue weighted by Gasteiger charge is -2.30. The summed E-state index contributed by atoms with van der Waals surface area (Å²) in [5.41, 5.74) is 2.21. The first-order valence-electron chi connectivity index (χ1n) is 14.1. The molecule has 1 unspecified atom stereocenters. The molecule has 2 aliphatic heterocycles. The lowest BCUT2D eigenvalue weighted by atomic mass is 10.0. The Bertz CT molecular complexity index is 1380. The first-order valence-corrected chi connectivity index (χ1v) is 16.5. The van der Waals surface area contributed by atoms with Crippen molar-refractivity contribution in [2.45, 2.75) is 39.6 Å². The fourth-order valence-corrected chi connectivity index (χ4v) is 5.56. The predicted octanol–water partition coefficient (Wildman–Crippen LogP) is 5.29. The van der Waals surface area contributed by atoms with Crippen molar-refractivity contribution in [1.29, 1.82) is 0 Å². The quantitative estimate of drug-likeness (QED) is 0.225. The molecule has 0 spiro atoms. The van der Waals surface area contributed by atoms with Crippen molar-refractivity contribution < 1.29 is 27.8 Å². The van der Waals surface area contributed by atoms with Crippen LogP contribution in [0.1, 0.15) is 35.3 Å². The summed E-state index contributed by atoms with van der Waals surface area (Å²) in [6.45, 7) is 8.47. The molecule has 13 heteroatoms. The molecule has 1 N–H and O–H groups in total. The van der Waals surface area contributed by atoms with Crippen molar-refractivity contribution in [1.82, 2.24) is 14.8 Å². The third-order valence-corrected chi connectivity index (χ3v) is 7.88. The van der Waals surface area contributed by atoms with E-state index in [1.54, 1.807) is 24.6 Å². The van der Waals surface area contributed by atoms with Crippen LogP contribution in [0.3, 0.4) is 0 Å². The Morgan fingerprint density at radius 1 is 1.09 bits per heavy atom. The standard InChI is InChI=1S/C27H31ClN3O7P.C2H6.CH4S/c1-34-39(35-2)37-17-21-15-31-16-23(27(33)29-13-18-3-5-20(28)6-4-18)26(32)22-11-19(12-24(38-21)25(22)31)14-30-7-9-36-10-8-30;2*1-2/h3-6,11-12,16,21H,7-10,13-15,17H2,1-2H3,(H,29,33);1-2H3;2H,1H3. The van der Waals surface area contributed by atoms with Crippen LogP contribution in [0.15, 0.2) is 47.4 Å². The minimum Gasteiger partial charge on any atom is -0.484 e. The molecule has 0 saturated carbocycles. The van der Waals surface area contributed by atoms with E-state index in [0.717, 1.165) is 24.2 Å². The van der Waals surface area contributed by atoms with Gasteiger partial charge in [-0.05, 0) is 41.6 Å². The number of halogens is 1. The summed E-state index contributed by atoms with van der Waals surface area (Å²) < 4.78 is 29.8. The SMILES string of the molecule is CC.COP(OC)OCC1Cn2cc(C(=O)NCc3ccc(Cl)cc3)c(=O)c3cc(CN4CCOCC4)cc(c32)O1.CS. The highest BCUT2D eigenvalue weighted by Gasteiger charge is 2.27. The summed E-state index contributed by atoms with van der Waals surface area (Å²) >= 11 is 9.50. The van der Waals surface area contributed by atoms with Crippen LogP contribution in [0.4, 0.5) is 0 Å². The van der Waals surface area contributed by atoms with Gasteiger partial charge in [0.1, 0.15) is 17.4 Å². The second-order valence-corrected chi connectivity index (χ2v) is 11.2. The summed E-state index contributed by atoms with van der Waals surface area (Å²) in [5, 5.41) is 3.93. The van der Waals surface area contributed by atoms with Gasteiger partial charge in [0.05, 0.1) is 37.3 Å². The molecule has 10 nitrogen and oxygen atoms in total. The molecule has 43 heavy (non-hydrogen) atoms. The van der Waals surface area contributed by atoms with Gasteiger partial charge in [-0.1, -0.05) is 37.6 Å². The van der Waals surface area contributed by atoms with Crippen LogP contribution >= 0.6 is 32.8 Å². The molecule has 3 aromatic rings. The van der Waals surface area contributed by atoms with E-state index in [1.807, 2.05) is 42.7 Å². The number of morpholine rings is 1. The molecule has 5 rings (SSSR count). The van der Waals surface area contributed by atoms with Crippen molar-refractivity contribution in [3.05, 3.63) is 74.5 Å². The largest absolute Gasteiger partial charge is 0.484 e. The molecular weight excluding hydrogens is 613 g/mol. The Hall–Kier alpha value is -2.21. The zero-order valence-electron chi connectivity index (χ0n) is 25.3. The number of rotatable bonds is 10. The van der Waals surface area contributed by atoms with Crippen LogP contribution in [-0.2, 0) is 37.9 Å². The molecule has 2 aliphatic rings. The van der Waals surface area contributed by atoms with Gasteiger partial charge in [-0.25, -0.2) is 0 Å². The molecule has 1 aromatic heterocycles.